The lowest BCUT2D eigenvalue weighted by molar-refractivity contribution is -0.00692. The molecule has 0 radical (unpaired) electrons. The fourth-order valence-electron chi connectivity index (χ4n) is 2.02. The van der Waals surface area contributed by atoms with Gasteiger partial charge in [0.15, 0.2) is 5.78 Å². The predicted molar refractivity (Wildman–Crippen MR) is 95.4 cm³/mol. The molecule has 4 heteroatoms. The van der Waals surface area contributed by atoms with E-state index < -0.39 is 5.41 Å². The Morgan fingerprint density at radius 3 is 1.83 bits per heavy atom. The van der Waals surface area contributed by atoms with Gasteiger partial charge in [-0.05, 0) is 45.7 Å². The highest BCUT2D eigenvalue weighted by atomic mass is 16.5. The summed E-state index contributed by atoms with van der Waals surface area (Å²) in [5, 5.41) is 0. The van der Waals surface area contributed by atoms with Crippen LogP contribution in [-0.2, 0) is 9.47 Å². The van der Waals surface area contributed by atoms with Gasteiger partial charge in [0.25, 0.3) is 0 Å². The van der Waals surface area contributed by atoms with E-state index in [-0.39, 0.29) is 17.4 Å². The summed E-state index contributed by atoms with van der Waals surface area (Å²) in [7, 11) is 0. The standard InChI is InChI=1S/C20H30O4/c1-19(2,3)17(21)15-9-11-16(12-10-15)18(22)23-13-7-8-14-24-20(4,5)6/h9-12H,7-8,13-14H2,1-6H3. The van der Waals surface area contributed by atoms with Gasteiger partial charge in [0.2, 0.25) is 0 Å². The Morgan fingerprint density at radius 2 is 1.33 bits per heavy atom. The van der Waals surface area contributed by atoms with Crippen LogP contribution in [-0.4, -0.2) is 30.6 Å². The molecule has 0 unspecified atom stereocenters. The summed E-state index contributed by atoms with van der Waals surface area (Å²) in [5.74, 6) is -0.303. The van der Waals surface area contributed by atoms with E-state index in [0.717, 1.165) is 12.8 Å². The molecule has 0 aliphatic carbocycles. The molecule has 1 rings (SSSR count). The van der Waals surface area contributed by atoms with E-state index in [2.05, 4.69) is 0 Å². The van der Waals surface area contributed by atoms with Crippen LogP contribution in [0.5, 0.6) is 0 Å². The first-order chi connectivity index (χ1) is 11.0. The summed E-state index contributed by atoms with van der Waals surface area (Å²) in [6, 6.07) is 6.65. The van der Waals surface area contributed by atoms with Gasteiger partial charge in [-0.2, -0.15) is 0 Å². The molecule has 0 N–H and O–H groups in total. The summed E-state index contributed by atoms with van der Waals surface area (Å²) in [4.78, 5) is 24.1. The van der Waals surface area contributed by atoms with Gasteiger partial charge in [0.1, 0.15) is 0 Å². The van der Waals surface area contributed by atoms with Crippen molar-refractivity contribution in [2.75, 3.05) is 13.2 Å². The second-order valence-corrected chi connectivity index (χ2v) is 7.96. The van der Waals surface area contributed by atoms with Crippen LogP contribution in [0, 0.1) is 5.41 Å². The lowest BCUT2D eigenvalue weighted by Gasteiger charge is -2.19. The van der Waals surface area contributed by atoms with Gasteiger partial charge >= 0.3 is 5.97 Å². The molecule has 0 atom stereocenters. The van der Waals surface area contributed by atoms with Gasteiger partial charge in [-0.3, -0.25) is 4.79 Å². The van der Waals surface area contributed by atoms with E-state index in [0.29, 0.717) is 24.3 Å². The van der Waals surface area contributed by atoms with Gasteiger partial charge < -0.3 is 9.47 Å². The van der Waals surface area contributed by atoms with Crippen molar-refractivity contribution in [2.24, 2.45) is 5.41 Å². The number of carbonyl (C=O) groups is 2. The van der Waals surface area contributed by atoms with Crippen LogP contribution in [0.4, 0.5) is 0 Å². The number of ether oxygens (including phenoxy) is 2. The van der Waals surface area contributed by atoms with Crippen LogP contribution in [0.3, 0.4) is 0 Å². The number of hydrogen-bond donors (Lipinski definition) is 0. The Labute approximate surface area is 145 Å². The molecule has 0 spiro atoms. The van der Waals surface area contributed by atoms with Crippen LogP contribution < -0.4 is 0 Å². The summed E-state index contributed by atoms with van der Waals surface area (Å²) in [6.45, 7) is 12.7. The summed E-state index contributed by atoms with van der Waals surface area (Å²) in [6.07, 6.45) is 1.62. The van der Waals surface area contributed by atoms with E-state index in [4.69, 9.17) is 9.47 Å². The van der Waals surface area contributed by atoms with Crippen LogP contribution in [0.2, 0.25) is 0 Å². The van der Waals surface area contributed by atoms with Gasteiger partial charge in [-0.25, -0.2) is 4.79 Å². The average molecular weight is 334 g/mol. The minimum absolute atomic E-state index is 0.0567. The van der Waals surface area contributed by atoms with Crippen LogP contribution in [0.25, 0.3) is 0 Å². The second kappa shape index (κ2) is 8.43. The molecule has 0 fully saturated rings. The van der Waals surface area contributed by atoms with Gasteiger partial charge in [-0.15, -0.1) is 0 Å². The summed E-state index contributed by atoms with van der Waals surface area (Å²) in [5.41, 5.74) is 0.504. The topological polar surface area (TPSA) is 52.6 Å². The van der Waals surface area contributed by atoms with Crippen molar-refractivity contribution in [2.45, 2.75) is 60.0 Å². The average Bonchev–Trinajstić information content (AvgIpc) is 2.48. The molecule has 1 aromatic carbocycles. The van der Waals surface area contributed by atoms with Crippen molar-refractivity contribution in [3.05, 3.63) is 35.4 Å². The first kappa shape index (κ1) is 20.4. The maximum Gasteiger partial charge on any atom is 0.338 e. The lowest BCUT2D eigenvalue weighted by Crippen LogP contribution is -2.20. The number of carbonyl (C=O) groups excluding carboxylic acids is 2. The minimum Gasteiger partial charge on any atom is -0.462 e. The number of esters is 1. The van der Waals surface area contributed by atoms with Gasteiger partial charge in [0.05, 0.1) is 17.8 Å². The monoisotopic (exact) mass is 334 g/mol. The first-order valence-electron chi connectivity index (χ1n) is 8.47. The van der Waals surface area contributed by atoms with Crippen molar-refractivity contribution < 1.29 is 19.1 Å². The zero-order valence-corrected chi connectivity index (χ0v) is 15.8. The van der Waals surface area contributed by atoms with E-state index in [9.17, 15) is 9.59 Å². The molecule has 1 aromatic rings. The van der Waals surface area contributed by atoms with Crippen molar-refractivity contribution in [1.29, 1.82) is 0 Å². The van der Waals surface area contributed by atoms with Crippen LogP contribution in [0.15, 0.2) is 24.3 Å². The molecule has 0 aromatic heterocycles. The number of Topliss-reactive ketones (excluding diaryl/α,β-unsaturated/α-hetero) is 1. The quantitative estimate of drug-likeness (QED) is 0.413. The third-order valence-corrected chi connectivity index (χ3v) is 3.37. The molecule has 0 aliphatic rings. The summed E-state index contributed by atoms with van der Waals surface area (Å²) < 4.78 is 10.9. The lowest BCUT2D eigenvalue weighted by atomic mass is 9.86. The minimum atomic E-state index is -0.433. The largest absolute Gasteiger partial charge is 0.462 e. The Kier molecular flexibility index (Phi) is 7.15. The molecule has 0 saturated heterocycles. The molecule has 24 heavy (non-hydrogen) atoms. The maximum atomic E-state index is 12.2. The molecular weight excluding hydrogens is 304 g/mol. The van der Waals surface area contributed by atoms with E-state index in [1.165, 1.54) is 0 Å². The Morgan fingerprint density at radius 1 is 0.833 bits per heavy atom. The molecule has 4 nitrogen and oxygen atoms in total. The Balaban J connectivity index is 2.40. The van der Waals surface area contributed by atoms with E-state index in [1.807, 2.05) is 41.5 Å². The van der Waals surface area contributed by atoms with E-state index in [1.54, 1.807) is 24.3 Å². The fraction of sp³-hybridized carbons (Fsp3) is 0.600. The van der Waals surface area contributed by atoms with Crippen molar-refractivity contribution >= 4 is 11.8 Å². The van der Waals surface area contributed by atoms with Gasteiger partial charge in [0, 0.05) is 17.6 Å². The molecule has 0 heterocycles. The third kappa shape index (κ3) is 7.26. The number of ketones is 1. The van der Waals surface area contributed by atoms with Crippen LogP contribution >= 0.6 is 0 Å². The van der Waals surface area contributed by atoms with Crippen molar-refractivity contribution in [1.82, 2.24) is 0 Å². The van der Waals surface area contributed by atoms with Crippen molar-refractivity contribution in [3.8, 4) is 0 Å². The van der Waals surface area contributed by atoms with Crippen molar-refractivity contribution in [3.63, 3.8) is 0 Å². The highest BCUT2D eigenvalue weighted by Gasteiger charge is 2.22. The van der Waals surface area contributed by atoms with Crippen LogP contribution in [0.1, 0.15) is 75.1 Å². The van der Waals surface area contributed by atoms with Gasteiger partial charge in [-0.1, -0.05) is 32.9 Å². The second-order valence-electron chi connectivity index (χ2n) is 7.96. The Bertz CT molecular complexity index is 544. The van der Waals surface area contributed by atoms with E-state index >= 15 is 0 Å². The maximum absolute atomic E-state index is 12.2. The molecule has 0 aliphatic heterocycles. The normalized spacial score (nSPS) is 12.1. The number of unbranched alkanes of at least 4 members (excludes halogenated alkanes) is 1. The zero-order valence-electron chi connectivity index (χ0n) is 15.8. The Hall–Kier alpha value is -1.68. The molecule has 134 valence electrons. The summed E-state index contributed by atoms with van der Waals surface area (Å²) >= 11 is 0. The highest BCUT2D eigenvalue weighted by molar-refractivity contribution is 6.00. The zero-order chi connectivity index (χ0) is 18.4. The first-order valence-corrected chi connectivity index (χ1v) is 8.47. The molecule has 0 saturated carbocycles. The number of rotatable bonds is 7. The predicted octanol–water partition coefficient (Wildman–Crippen LogP) is 4.67. The molecular formula is C20H30O4. The third-order valence-electron chi connectivity index (χ3n) is 3.37. The molecule has 0 bridgehead atoms. The fourth-order valence-corrected chi connectivity index (χ4v) is 2.02. The number of hydrogen-bond acceptors (Lipinski definition) is 4. The SMILES string of the molecule is CC(C)(C)OCCCCOC(=O)c1ccc(C(=O)C(C)(C)C)cc1. The molecule has 0 amide bonds. The number of benzene rings is 1. The highest BCUT2D eigenvalue weighted by Crippen LogP contribution is 2.21. The smallest absolute Gasteiger partial charge is 0.338 e.